The number of ether oxygens (including phenoxy) is 1. The Labute approximate surface area is 131 Å². The fourth-order valence-electron chi connectivity index (χ4n) is 2.06. The normalized spacial score (nSPS) is 15.1. The van der Waals surface area contributed by atoms with Crippen LogP contribution >= 0.6 is 0 Å². The molecule has 5 nitrogen and oxygen atoms in total. The molecule has 2 atom stereocenters. The largest absolute Gasteiger partial charge is 0.504 e. The summed E-state index contributed by atoms with van der Waals surface area (Å²) in [5.41, 5.74) is -0.583. The van der Waals surface area contributed by atoms with E-state index in [0.29, 0.717) is 12.3 Å². The number of hydrogen-bond donors (Lipinski definition) is 3. The fourth-order valence-corrected chi connectivity index (χ4v) is 2.06. The average Bonchev–Trinajstić information content (AvgIpc) is 2.49. The number of esters is 1. The van der Waals surface area contributed by atoms with Gasteiger partial charge in [-0.2, -0.15) is 0 Å². The molecule has 0 aliphatic carbocycles. The average molecular weight is 310 g/mol. The van der Waals surface area contributed by atoms with Gasteiger partial charge in [0.05, 0.1) is 5.56 Å². The van der Waals surface area contributed by atoms with Gasteiger partial charge in [-0.3, -0.25) is 0 Å². The summed E-state index contributed by atoms with van der Waals surface area (Å²) in [6, 6.07) is 2.17. The maximum Gasteiger partial charge on any atom is 0.338 e. The van der Waals surface area contributed by atoms with E-state index in [1.165, 1.54) is 0 Å². The molecule has 2 unspecified atom stereocenters. The van der Waals surface area contributed by atoms with Gasteiger partial charge in [0.2, 0.25) is 0 Å². The predicted octanol–water partition coefficient (Wildman–Crippen LogP) is 3.96. The lowest BCUT2D eigenvalue weighted by Gasteiger charge is -2.29. The Balaban J connectivity index is 2.84. The third-order valence-electron chi connectivity index (χ3n) is 4.26. The Kier molecular flexibility index (Phi) is 6.09. The molecule has 0 heterocycles. The molecule has 0 saturated carbocycles. The van der Waals surface area contributed by atoms with Crippen molar-refractivity contribution in [2.75, 3.05) is 0 Å². The molecule has 22 heavy (non-hydrogen) atoms. The Bertz CT molecular complexity index is 503. The number of aromatic hydroxyl groups is 3. The lowest BCUT2D eigenvalue weighted by molar-refractivity contribution is -0.0179. The first-order chi connectivity index (χ1) is 10.2. The van der Waals surface area contributed by atoms with E-state index in [2.05, 4.69) is 13.8 Å². The molecule has 0 saturated heterocycles. The second kappa shape index (κ2) is 7.38. The van der Waals surface area contributed by atoms with Crippen LogP contribution in [0, 0.1) is 5.92 Å². The third-order valence-corrected chi connectivity index (χ3v) is 4.26. The van der Waals surface area contributed by atoms with E-state index in [9.17, 15) is 20.1 Å². The van der Waals surface area contributed by atoms with Crippen molar-refractivity contribution in [2.24, 2.45) is 5.92 Å². The van der Waals surface area contributed by atoms with E-state index >= 15 is 0 Å². The Morgan fingerprint density at radius 2 is 1.77 bits per heavy atom. The number of phenolic OH excluding ortho intramolecular Hbond substituents is 3. The molecule has 1 rings (SSSR count). The van der Waals surface area contributed by atoms with Crippen molar-refractivity contribution in [2.45, 2.75) is 59.0 Å². The number of rotatable bonds is 7. The Morgan fingerprint density at radius 3 is 2.23 bits per heavy atom. The van der Waals surface area contributed by atoms with Gasteiger partial charge in [0, 0.05) is 0 Å². The van der Waals surface area contributed by atoms with E-state index in [-0.39, 0.29) is 5.56 Å². The van der Waals surface area contributed by atoms with Crippen molar-refractivity contribution in [3.8, 4) is 17.2 Å². The number of benzene rings is 1. The first-order valence-electron chi connectivity index (χ1n) is 7.70. The Morgan fingerprint density at radius 1 is 1.23 bits per heavy atom. The van der Waals surface area contributed by atoms with Crippen LogP contribution in [0.4, 0.5) is 0 Å². The highest BCUT2D eigenvalue weighted by Crippen LogP contribution is 2.36. The fraction of sp³-hybridized carbons (Fsp3) is 0.588. The zero-order valence-electron chi connectivity index (χ0n) is 13.7. The molecule has 1 aromatic carbocycles. The highest BCUT2D eigenvalue weighted by atomic mass is 16.6. The summed E-state index contributed by atoms with van der Waals surface area (Å²) in [5, 5.41) is 28.3. The second-order valence-corrected chi connectivity index (χ2v) is 6.11. The summed E-state index contributed by atoms with van der Waals surface area (Å²) in [7, 11) is 0. The molecule has 124 valence electrons. The van der Waals surface area contributed by atoms with Crippen LogP contribution in [0.1, 0.15) is 63.7 Å². The summed E-state index contributed by atoms with van der Waals surface area (Å²) in [5.74, 6) is -1.81. The molecule has 3 N–H and O–H groups in total. The summed E-state index contributed by atoms with van der Waals surface area (Å²) in [6.07, 6.45) is 3.46. The van der Waals surface area contributed by atoms with Crippen molar-refractivity contribution in [1.29, 1.82) is 0 Å². The minimum Gasteiger partial charge on any atom is -0.504 e. The van der Waals surface area contributed by atoms with E-state index in [0.717, 1.165) is 31.4 Å². The van der Waals surface area contributed by atoms with Crippen molar-refractivity contribution in [1.82, 2.24) is 0 Å². The van der Waals surface area contributed by atoms with Crippen molar-refractivity contribution >= 4 is 5.97 Å². The summed E-state index contributed by atoms with van der Waals surface area (Å²) < 4.78 is 5.58. The predicted molar refractivity (Wildman–Crippen MR) is 84.2 cm³/mol. The van der Waals surface area contributed by atoms with Gasteiger partial charge in [-0.1, -0.05) is 27.2 Å². The van der Waals surface area contributed by atoms with Crippen LogP contribution in [0.25, 0.3) is 0 Å². The van der Waals surface area contributed by atoms with E-state index in [1.807, 2.05) is 13.8 Å². The monoisotopic (exact) mass is 310 g/mol. The SMILES string of the molecule is CCC(C)CCC(C)(CC)OC(=O)c1cc(O)c(O)c(O)c1. The van der Waals surface area contributed by atoms with Gasteiger partial charge in [0.1, 0.15) is 5.60 Å². The lowest BCUT2D eigenvalue weighted by atomic mass is 9.91. The molecule has 0 radical (unpaired) electrons. The smallest absolute Gasteiger partial charge is 0.338 e. The topological polar surface area (TPSA) is 87.0 Å². The number of carbonyl (C=O) groups excluding carboxylic acids is 1. The van der Waals surface area contributed by atoms with Gasteiger partial charge in [0.15, 0.2) is 17.2 Å². The van der Waals surface area contributed by atoms with Crippen molar-refractivity contribution < 1.29 is 24.9 Å². The number of phenols is 3. The van der Waals surface area contributed by atoms with Gasteiger partial charge in [-0.15, -0.1) is 0 Å². The number of carbonyl (C=O) groups is 1. The van der Waals surface area contributed by atoms with Crippen LogP contribution in [-0.2, 0) is 4.74 Å². The molecule has 0 aliphatic heterocycles. The van der Waals surface area contributed by atoms with Gasteiger partial charge in [-0.25, -0.2) is 4.79 Å². The van der Waals surface area contributed by atoms with Crippen LogP contribution in [0.3, 0.4) is 0 Å². The zero-order valence-corrected chi connectivity index (χ0v) is 13.7. The first kappa shape index (κ1) is 18.1. The number of hydrogen-bond acceptors (Lipinski definition) is 5. The zero-order chi connectivity index (χ0) is 16.9. The summed E-state index contributed by atoms with van der Waals surface area (Å²) in [6.45, 7) is 8.12. The molecule has 0 fully saturated rings. The maximum absolute atomic E-state index is 12.2. The van der Waals surface area contributed by atoms with Gasteiger partial charge < -0.3 is 20.1 Å². The van der Waals surface area contributed by atoms with Crippen LogP contribution in [-0.4, -0.2) is 26.9 Å². The van der Waals surface area contributed by atoms with Gasteiger partial charge in [-0.05, 0) is 44.2 Å². The molecule has 0 aliphatic rings. The van der Waals surface area contributed by atoms with Gasteiger partial charge in [0.25, 0.3) is 0 Å². The molecule has 0 aromatic heterocycles. The highest BCUT2D eigenvalue weighted by Gasteiger charge is 2.28. The molecule has 0 bridgehead atoms. The van der Waals surface area contributed by atoms with E-state index < -0.39 is 28.8 Å². The van der Waals surface area contributed by atoms with Gasteiger partial charge >= 0.3 is 5.97 Å². The molecular formula is C17H26O5. The third kappa shape index (κ3) is 4.55. The van der Waals surface area contributed by atoms with E-state index in [1.54, 1.807) is 0 Å². The molecule has 0 amide bonds. The standard InChI is InChI=1S/C17H26O5/c1-5-11(3)7-8-17(4,6-2)22-16(21)12-9-13(18)15(20)14(19)10-12/h9-11,18-20H,5-8H2,1-4H3. The Hall–Kier alpha value is -1.91. The molecule has 5 heteroatoms. The second-order valence-electron chi connectivity index (χ2n) is 6.11. The summed E-state index contributed by atoms with van der Waals surface area (Å²) >= 11 is 0. The summed E-state index contributed by atoms with van der Waals surface area (Å²) in [4.78, 5) is 12.2. The molecular weight excluding hydrogens is 284 g/mol. The highest BCUT2D eigenvalue weighted by molar-refractivity contribution is 5.91. The first-order valence-corrected chi connectivity index (χ1v) is 7.70. The minimum atomic E-state index is -0.647. The van der Waals surface area contributed by atoms with Crippen LogP contribution in [0.5, 0.6) is 17.2 Å². The lowest BCUT2D eigenvalue weighted by Crippen LogP contribution is -2.31. The van der Waals surface area contributed by atoms with Crippen molar-refractivity contribution in [3.05, 3.63) is 17.7 Å². The van der Waals surface area contributed by atoms with Crippen molar-refractivity contribution in [3.63, 3.8) is 0 Å². The minimum absolute atomic E-state index is 0.0102. The molecule has 1 aromatic rings. The van der Waals surface area contributed by atoms with Crippen LogP contribution in [0.2, 0.25) is 0 Å². The quantitative estimate of drug-likeness (QED) is 0.524. The van der Waals surface area contributed by atoms with Crippen LogP contribution in [0.15, 0.2) is 12.1 Å². The van der Waals surface area contributed by atoms with E-state index in [4.69, 9.17) is 4.74 Å². The molecule has 0 spiro atoms. The maximum atomic E-state index is 12.2. The van der Waals surface area contributed by atoms with Crippen LogP contribution < -0.4 is 0 Å².